The van der Waals surface area contributed by atoms with Gasteiger partial charge in [-0.05, 0) is 49.7 Å². The summed E-state index contributed by atoms with van der Waals surface area (Å²) in [6.45, 7) is 5.62. The maximum absolute atomic E-state index is 13.1. The van der Waals surface area contributed by atoms with Gasteiger partial charge in [-0.25, -0.2) is 9.97 Å². The van der Waals surface area contributed by atoms with E-state index in [4.69, 9.17) is 9.72 Å². The number of hydrogen-bond donors (Lipinski definition) is 3. The molecule has 1 amide bonds. The van der Waals surface area contributed by atoms with Crippen molar-refractivity contribution in [3.8, 4) is 28.4 Å². The summed E-state index contributed by atoms with van der Waals surface area (Å²) in [5.74, 6) is 1.11. The molecule has 0 bridgehead atoms. The molecule has 4 rings (SSSR count). The Morgan fingerprint density at radius 3 is 2.70 bits per heavy atom. The van der Waals surface area contributed by atoms with Crippen molar-refractivity contribution in [3.05, 3.63) is 65.8 Å². The molecule has 0 aliphatic heterocycles. The Bertz CT molecular complexity index is 1190. The topological polar surface area (TPSA) is 91.9 Å². The van der Waals surface area contributed by atoms with Crippen LogP contribution in [0.25, 0.3) is 22.6 Å². The van der Waals surface area contributed by atoms with Crippen LogP contribution >= 0.6 is 11.3 Å². The Hall–Kier alpha value is -3.65. The number of rotatable bonds is 10. The maximum Gasteiger partial charge on any atom is 0.276 e. The van der Waals surface area contributed by atoms with Gasteiger partial charge in [0.1, 0.15) is 23.0 Å². The molecule has 0 unspecified atom stereocenters. The predicted octanol–water partition coefficient (Wildman–Crippen LogP) is 6.06. The number of H-pyrrole nitrogens is 1. The number of aromatic amines is 1. The van der Waals surface area contributed by atoms with Crippen LogP contribution in [0.3, 0.4) is 0 Å². The van der Waals surface area contributed by atoms with Crippen LogP contribution in [0, 0.1) is 0 Å². The molecular formula is C25H27N5O2S. The van der Waals surface area contributed by atoms with Crippen LogP contribution in [0.1, 0.15) is 37.2 Å². The van der Waals surface area contributed by atoms with Gasteiger partial charge in [-0.2, -0.15) is 0 Å². The molecule has 7 nitrogen and oxygen atoms in total. The second-order valence-corrected chi connectivity index (χ2v) is 8.31. The number of imidazole rings is 1. The second kappa shape index (κ2) is 10.8. The first-order valence-electron chi connectivity index (χ1n) is 11.1. The average molecular weight is 462 g/mol. The van der Waals surface area contributed by atoms with Crippen molar-refractivity contribution in [2.24, 2.45) is 0 Å². The lowest BCUT2D eigenvalue weighted by Gasteiger charge is -2.06. The number of carbonyl (C=O) groups excluding carboxylic acids is 1. The van der Waals surface area contributed by atoms with Crippen molar-refractivity contribution < 1.29 is 9.53 Å². The zero-order chi connectivity index (χ0) is 23.0. The highest BCUT2D eigenvalue weighted by molar-refractivity contribution is 7.13. The molecule has 0 radical (unpaired) electrons. The number of thiazole rings is 1. The Balaban J connectivity index is 1.69. The Morgan fingerprint density at radius 1 is 1.12 bits per heavy atom. The minimum absolute atomic E-state index is 0.287. The monoisotopic (exact) mass is 461 g/mol. The summed E-state index contributed by atoms with van der Waals surface area (Å²) in [6, 6.07) is 15.6. The third-order valence-corrected chi connectivity index (χ3v) is 5.71. The van der Waals surface area contributed by atoms with Crippen molar-refractivity contribution in [1.29, 1.82) is 0 Å². The molecule has 0 atom stereocenters. The molecule has 0 saturated heterocycles. The molecule has 0 fully saturated rings. The van der Waals surface area contributed by atoms with Crippen LogP contribution in [0.4, 0.5) is 10.8 Å². The lowest BCUT2D eigenvalue weighted by Crippen LogP contribution is -2.13. The third-order valence-electron chi connectivity index (χ3n) is 5.02. The number of hydrogen-bond acceptors (Lipinski definition) is 6. The van der Waals surface area contributed by atoms with Gasteiger partial charge in [-0.1, -0.05) is 25.5 Å². The van der Waals surface area contributed by atoms with Gasteiger partial charge < -0.3 is 15.0 Å². The highest BCUT2D eigenvalue weighted by atomic mass is 32.1. The molecule has 0 aliphatic carbocycles. The minimum Gasteiger partial charge on any atom is -0.494 e. The van der Waals surface area contributed by atoms with Gasteiger partial charge in [-0.15, -0.1) is 11.3 Å². The molecule has 3 N–H and O–H groups in total. The largest absolute Gasteiger partial charge is 0.494 e. The normalized spacial score (nSPS) is 10.7. The zero-order valence-corrected chi connectivity index (χ0v) is 19.5. The van der Waals surface area contributed by atoms with E-state index in [9.17, 15) is 4.79 Å². The third kappa shape index (κ3) is 5.59. The van der Waals surface area contributed by atoms with Gasteiger partial charge in [0.2, 0.25) is 0 Å². The van der Waals surface area contributed by atoms with Crippen LogP contribution < -0.4 is 15.4 Å². The van der Waals surface area contributed by atoms with Crippen LogP contribution in [0.2, 0.25) is 0 Å². The summed E-state index contributed by atoms with van der Waals surface area (Å²) in [4.78, 5) is 25.3. The van der Waals surface area contributed by atoms with Crippen LogP contribution in [0.15, 0.2) is 60.1 Å². The molecule has 0 spiro atoms. The molecule has 170 valence electrons. The number of ether oxygens (including phenoxy) is 1. The van der Waals surface area contributed by atoms with Crippen molar-refractivity contribution in [2.75, 3.05) is 23.8 Å². The molecule has 2 aromatic heterocycles. The summed E-state index contributed by atoms with van der Waals surface area (Å²) in [5, 5.41) is 8.64. The smallest absolute Gasteiger partial charge is 0.276 e. The summed E-state index contributed by atoms with van der Waals surface area (Å²) in [7, 11) is 0. The van der Waals surface area contributed by atoms with Crippen molar-refractivity contribution in [2.45, 2.75) is 26.7 Å². The van der Waals surface area contributed by atoms with E-state index < -0.39 is 0 Å². The Morgan fingerprint density at radius 2 is 1.97 bits per heavy atom. The molecule has 0 aliphatic rings. The number of nitrogens with one attached hydrogen (secondary N) is 3. The van der Waals surface area contributed by atoms with E-state index in [1.54, 1.807) is 6.20 Å². The fraction of sp³-hybridized carbons (Fsp3) is 0.240. The zero-order valence-electron chi connectivity index (χ0n) is 18.7. The van der Waals surface area contributed by atoms with E-state index in [0.29, 0.717) is 29.0 Å². The SMILES string of the molecule is CCCCNc1cccc(-c2nc(-c3ccc(OCC)cc3)c(C(=O)Nc3nccs3)[nH]2)c1. The average Bonchev–Trinajstić information content (AvgIpc) is 3.51. The van der Waals surface area contributed by atoms with E-state index in [2.05, 4.69) is 27.5 Å². The highest BCUT2D eigenvalue weighted by Crippen LogP contribution is 2.29. The molecule has 2 heterocycles. The van der Waals surface area contributed by atoms with Crippen molar-refractivity contribution in [1.82, 2.24) is 15.0 Å². The summed E-state index contributed by atoms with van der Waals surface area (Å²) < 4.78 is 5.55. The summed E-state index contributed by atoms with van der Waals surface area (Å²) in [5.41, 5.74) is 3.70. The van der Waals surface area contributed by atoms with Crippen LogP contribution in [-0.2, 0) is 0 Å². The predicted molar refractivity (Wildman–Crippen MR) is 134 cm³/mol. The first kappa shape index (κ1) is 22.5. The molecule has 4 aromatic rings. The fourth-order valence-corrected chi connectivity index (χ4v) is 3.91. The number of aromatic nitrogens is 3. The van der Waals surface area contributed by atoms with E-state index in [1.165, 1.54) is 11.3 Å². The first-order valence-corrected chi connectivity index (χ1v) is 11.9. The molecule has 33 heavy (non-hydrogen) atoms. The van der Waals surface area contributed by atoms with E-state index >= 15 is 0 Å². The standard InChI is InChI=1S/C25H27N5O2S/c1-3-5-13-26-19-8-6-7-18(16-19)23-28-21(17-9-11-20(12-10-17)32-4-2)22(29-23)24(31)30-25-27-14-15-33-25/h6-12,14-16,26H,3-5,13H2,1-2H3,(H,28,29)(H,27,30,31). The molecule has 2 aromatic carbocycles. The summed E-state index contributed by atoms with van der Waals surface area (Å²) >= 11 is 1.37. The molecule has 0 saturated carbocycles. The fourth-order valence-electron chi connectivity index (χ4n) is 3.39. The number of benzene rings is 2. The van der Waals surface area contributed by atoms with E-state index in [-0.39, 0.29) is 5.91 Å². The summed E-state index contributed by atoms with van der Waals surface area (Å²) in [6.07, 6.45) is 3.89. The van der Waals surface area contributed by atoms with E-state index in [0.717, 1.165) is 42.0 Å². The highest BCUT2D eigenvalue weighted by Gasteiger charge is 2.20. The van der Waals surface area contributed by atoms with Crippen LogP contribution in [-0.4, -0.2) is 34.0 Å². The van der Waals surface area contributed by atoms with Crippen LogP contribution in [0.5, 0.6) is 5.75 Å². The van der Waals surface area contributed by atoms with Gasteiger partial charge in [0.05, 0.1) is 6.61 Å². The Labute approximate surface area is 197 Å². The number of anilines is 2. The lowest BCUT2D eigenvalue weighted by molar-refractivity contribution is 0.102. The van der Waals surface area contributed by atoms with Gasteiger partial charge in [0.15, 0.2) is 5.13 Å². The van der Waals surface area contributed by atoms with Gasteiger partial charge >= 0.3 is 0 Å². The number of carbonyl (C=O) groups is 1. The van der Waals surface area contributed by atoms with Gasteiger partial charge in [0, 0.05) is 34.9 Å². The van der Waals surface area contributed by atoms with E-state index in [1.807, 2.05) is 60.8 Å². The minimum atomic E-state index is -0.287. The quantitative estimate of drug-likeness (QED) is 0.250. The molecular weight excluding hydrogens is 434 g/mol. The Kier molecular flexibility index (Phi) is 7.36. The number of unbranched alkanes of at least 4 members (excludes halogenated alkanes) is 1. The number of nitrogens with zero attached hydrogens (tertiary/aromatic N) is 2. The maximum atomic E-state index is 13.1. The first-order chi connectivity index (χ1) is 16.2. The lowest BCUT2D eigenvalue weighted by atomic mass is 10.1. The van der Waals surface area contributed by atoms with Gasteiger partial charge in [-0.3, -0.25) is 10.1 Å². The van der Waals surface area contributed by atoms with Crippen molar-refractivity contribution >= 4 is 28.1 Å². The molecule has 8 heteroatoms. The number of amides is 1. The second-order valence-electron chi connectivity index (χ2n) is 7.42. The van der Waals surface area contributed by atoms with Crippen molar-refractivity contribution in [3.63, 3.8) is 0 Å². The van der Waals surface area contributed by atoms with Gasteiger partial charge in [0.25, 0.3) is 5.91 Å².